The summed E-state index contributed by atoms with van der Waals surface area (Å²) in [4.78, 5) is 45.3. The smallest absolute Gasteiger partial charge is 0.319 e. The van der Waals surface area contributed by atoms with Crippen molar-refractivity contribution in [2.24, 2.45) is 0 Å². The molecule has 11 heteroatoms. The SMILES string of the molecule is CCSCC.OP(O)(O)=S.OP(O)(O)=S. The van der Waals surface area contributed by atoms with E-state index in [0.717, 1.165) is 0 Å². The molecule has 0 bridgehead atoms. The Morgan fingerprint density at radius 3 is 0.933 bits per heavy atom. The summed E-state index contributed by atoms with van der Waals surface area (Å²) in [5.74, 6) is 2.52. The molecule has 0 aliphatic carbocycles. The maximum Gasteiger partial charge on any atom is 0.319 e. The Hall–Kier alpha value is 1.41. The van der Waals surface area contributed by atoms with Gasteiger partial charge < -0.3 is 29.4 Å². The van der Waals surface area contributed by atoms with Crippen molar-refractivity contribution < 1.29 is 29.4 Å². The minimum atomic E-state index is -3.81. The number of rotatable bonds is 2. The van der Waals surface area contributed by atoms with Crippen LogP contribution in [0.25, 0.3) is 0 Å². The second-order valence-electron chi connectivity index (χ2n) is 1.81. The average Bonchev–Trinajstić information content (AvgIpc) is 1.80. The van der Waals surface area contributed by atoms with Crippen LogP contribution in [0.2, 0.25) is 0 Å². The molecule has 0 aromatic carbocycles. The molecule has 0 atom stereocenters. The molecule has 96 valence electrons. The lowest BCUT2D eigenvalue weighted by Crippen LogP contribution is -1.65. The first-order chi connectivity index (χ1) is 6.41. The monoisotopic (exact) mass is 318 g/mol. The Balaban J connectivity index is -0.000000144. The molecule has 0 rings (SSSR count). The van der Waals surface area contributed by atoms with Gasteiger partial charge in [-0.3, -0.25) is 0 Å². The number of thioether (sulfide) groups is 1. The van der Waals surface area contributed by atoms with Gasteiger partial charge in [-0.05, 0) is 35.1 Å². The van der Waals surface area contributed by atoms with Gasteiger partial charge >= 0.3 is 13.4 Å². The highest BCUT2D eigenvalue weighted by atomic mass is 32.5. The van der Waals surface area contributed by atoms with Gasteiger partial charge in [0.1, 0.15) is 0 Å². The van der Waals surface area contributed by atoms with Gasteiger partial charge in [-0.15, -0.1) is 0 Å². The fraction of sp³-hybridized carbons (Fsp3) is 1.00. The molecule has 0 aliphatic rings. The van der Waals surface area contributed by atoms with Crippen molar-refractivity contribution in [3.05, 3.63) is 0 Å². The van der Waals surface area contributed by atoms with Gasteiger partial charge in [-0.1, -0.05) is 13.8 Å². The molecular weight excluding hydrogens is 302 g/mol. The van der Waals surface area contributed by atoms with Crippen LogP contribution in [0.3, 0.4) is 0 Å². The standard InChI is InChI=1S/C4H10S.2H3O3PS/c1-3-5-4-2;2*1-4(2,3)5/h3-4H2,1-2H3;2*(H3,1,2,3,5). The van der Waals surface area contributed by atoms with Gasteiger partial charge in [0.05, 0.1) is 0 Å². The van der Waals surface area contributed by atoms with Crippen LogP contribution in [0.1, 0.15) is 13.8 Å². The predicted octanol–water partition coefficient (Wildman–Crippen LogP) is 0.135. The molecule has 0 saturated carbocycles. The van der Waals surface area contributed by atoms with E-state index in [1.165, 1.54) is 11.5 Å². The van der Waals surface area contributed by atoms with E-state index in [1.54, 1.807) is 0 Å². The quantitative estimate of drug-likeness (QED) is 0.395. The van der Waals surface area contributed by atoms with Crippen LogP contribution < -0.4 is 0 Å². The van der Waals surface area contributed by atoms with E-state index in [9.17, 15) is 0 Å². The van der Waals surface area contributed by atoms with Crippen LogP contribution in [0.4, 0.5) is 0 Å². The molecule has 0 aliphatic heterocycles. The van der Waals surface area contributed by atoms with E-state index in [2.05, 4.69) is 37.5 Å². The Labute approximate surface area is 103 Å². The largest absolute Gasteiger partial charge is 0.325 e. The Morgan fingerprint density at radius 2 is 0.933 bits per heavy atom. The fourth-order valence-electron chi connectivity index (χ4n) is 0.204. The van der Waals surface area contributed by atoms with Crippen LogP contribution in [-0.4, -0.2) is 40.9 Å². The van der Waals surface area contributed by atoms with Crippen molar-refractivity contribution in [2.75, 3.05) is 11.5 Å². The van der Waals surface area contributed by atoms with Crippen molar-refractivity contribution in [2.45, 2.75) is 13.8 Å². The van der Waals surface area contributed by atoms with Crippen molar-refractivity contribution in [3.8, 4) is 0 Å². The van der Waals surface area contributed by atoms with E-state index in [0.29, 0.717) is 0 Å². The predicted molar refractivity (Wildman–Crippen MR) is 70.6 cm³/mol. The average molecular weight is 318 g/mol. The second-order valence-corrected chi connectivity index (χ2v) is 8.36. The van der Waals surface area contributed by atoms with Crippen LogP contribution in [0.15, 0.2) is 0 Å². The minimum absolute atomic E-state index is 1.26. The number of hydrogen-bond donors (Lipinski definition) is 6. The van der Waals surface area contributed by atoms with Gasteiger partial charge in [-0.2, -0.15) is 11.8 Å². The van der Waals surface area contributed by atoms with E-state index >= 15 is 0 Å². The molecule has 0 aromatic rings. The zero-order valence-electron chi connectivity index (χ0n) is 8.22. The van der Waals surface area contributed by atoms with E-state index in [-0.39, 0.29) is 0 Å². The van der Waals surface area contributed by atoms with E-state index < -0.39 is 13.4 Å². The lowest BCUT2D eigenvalue weighted by molar-refractivity contribution is 0.361. The van der Waals surface area contributed by atoms with Gasteiger partial charge in [-0.25, -0.2) is 0 Å². The van der Waals surface area contributed by atoms with Crippen LogP contribution in [0, 0.1) is 0 Å². The molecule has 0 fully saturated rings. The van der Waals surface area contributed by atoms with Crippen LogP contribution in [0.5, 0.6) is 0 Å². The van der Waals surface area contributed by atoms with Crippen LogP contribution in [-0.2, 0) is 23.6 Å². The third kappa shape index (κ3) is 238. The molecule has 0 saturated heterocycles. The topological polar surface area (TPSA) is 121 Å². The Kier molecular flexibility index (Phi) is 17.2. The summed E-state index contributed by atoms with van der Waals surface area (Å²) in [6.45, 7) is -3.26. The summed E-state index contributed by atoms with van der Waals surface area (Å²) < 4.78 is 0. The molecule has 0 spiro atoms. The fourth-order valence-corrected chi connectivity index (χ4v) is 0.612. The molecule has 0 amide bonds. The summed E-state index contributed by atoms with van der Waals surface area (Å²) in [6.07, 6.45) is 0. The summed E-state index contributed by atoms with van der Waals surface area (Å²) in [7, 11) is 0. The number of hydrogen-bond acceptors (Lipinski definition) is 3. The maximum absolute atomic E-state index is 7.56. The molecule has 6 nitrogen and oxygen atoms in total. The van der Waals surface area contributed by atoms with Crippen molar-refractivity contribution in [3.63, 3.8) is 0 Å². The van der Waals surface area contributed by atoms with Crippen LogP contribution >= 0.6 is 25.2 Å². The third-order valence-electron chi connectivity index (χ3n) is 0.408. The van der Waals surface area contributed by atoms with Crippen molar-refractivity contribution in [1.29, 1.82) is 0 Å². The molecule has 6 N–H and O–H groups in total. The van der Waals surface area contributed by atoms with Gasteiger partial charge in [0, 0.05) is 0 Å². The van der Waals surface area contributed by atoms with Crippen molar-refractivity contribution >= 4 is 48.8 Å². The maximum atomic E-state index is 7.56. The zero-order chi connectivity index (χ0) is 13.1. The lowest BCUT2D eigenvalue weighted by Gasteiger charge is -1.88. The van der Waals surface area contributed by atoms with Crippen molar-refractivity contribution in [1.82, 2.24) is 0 Å². The molecule has 0 heterocycles. The highest BCUT2D eigenvalue weighted by Gasteiger charge is 1.92. The summed E-state index contributed by atoms with van der Waals surface area (Å²) in [6, 6.07) is 0. The normalized spacial score (nSPS) is 10.7. The highest BCUT2D eigenvalue weighted by Crippen LogP contribution is 2.26. The Morgan fingerprint density at radius 1 is 0.800 bits per heavy atom. The third-order valence-corrected chi connectivity index (χ3v) is 1.22. The molecule has 0 radical (unpaired) electrons. The molecule has 15 heavy (non-hydrogen) atoms. The second kappa shape index (κ2) is 11.9. The highest BCUT2D eigenvalue weighted by molar-refractivity contribution is 8.06. The first-order valence-electron chi connectivity index (χ1n) is 3.56. The summed E-state index contributed by atoms with van der Waals surface area (Å²) >= 11 is 9.17. The lowest BCUT2D eigenvalue weighted by atomic mass is 11.0. The van der Waals surface area contributed by atoms with E-state index in [1.807, 2.05) is 11.8 Å². The first kappa shape index (κ1) is 21.7. The molecule has 0 unspecified atom stereocenters. The zero-order valence-corrected chi connectivity index (χ0v) is 12.5. The van der Waals surface area contributed by atoms with Gasteiger partial charge in [0.2, 0.25) is 0 Å². The summed E-state index contributed by atoms with van der Waals surface area (Å²) in [5, 5.41) is 0. The summed E-state index contributed by atoms with van der Waals surface area (Å²) in [5.41, 5.74) is 0. The Bertz CT molecular complexity index is 174. The molecule has 0 aromatic heterocycles. The molecular formula is C4H16O6P2S3. The van der Waals surface area contributed by atoms with Gasteiger partial charge in [0.15, 0.2) is 0 Å². The van der Waals surface area contributed by atoms with E-state index in [4.69, 9.17) is 29.4 Å². The first-order valence-corrected chi connectivity index (χ1v) is 10.0. The van der Waals surface area contributed by atoms with Gasteiger partial charge in [0.25, 0.3) is 0 Å². The minimum Gasteiger partial charge on any atom is -0.325 e.